The van der Waals surface area contributed by atoms with E-state index in [-0.39, 0.29) is 6.29 Å². The molecule has 1 aliphatic rings. The quantitative estimate of drug-likeness (QED) is 0.905. The molecule has 0 bridgehead atoms. The summed E-state index contributed by atoms with van der Waals surface area (Å²) in [5.41, 5.74) is 1.31. The minimum atomic E-state index is -0.0464. The number of benzene rings is 1. The molecule has 1 N–H and O–H groups in total. The van der Waals surface area contributed by atoms with E-state index in [1.807, 2.05) is 13.1 Å². The number of ether oxygens (including phenoxy) is 2. The van der Waals surface area contributed by atoms with Crippen LogP contribution in [0.5, 0.6) is 0 Å². The second-order valence-electron chi connectivity index (χ2n) is 4.19. The van der Waals surface area contributed by atoms with Crippen LogP contribution < -0.4 is 5.32 Å². The highest BCUT2D eigenvalue weighted by molar-refractivity contribution is 9.10. The highest BCUT2D eigenvalue weighted by atomic mass is 79.9. The molecule has 1 atom stereocenters. The van der Waals surface area contributed by atoms with Crippen molar-refractivity contribution < 1.29 is 9.47 Å². The lowest BCUT2D eigenvalue weighted by Crippen LogP contribution is -2.32. The summed E-state index contributed by atoms with van der Waals surface area (Å²) in [4.78, 5) is 0. The molecule has 1 aromatic carbocycles. The van der Waals surface area contributed by atoms with Crippen LogP contribution in [0.1, 0.15) is 12.0 Å². The standard InChI is InChI=1S/C13H18BrNO2/c1-15-11(9-13-16-6-7-17-13)8-10-4-2-3-5-12(10)14/h2-5,11,13,15H,6-9H2,1H3. The Morgan fingerprint density at radius 1 is 1.35 bits per heavy atom. The fraction of sp³-hybridized carbons (Fsp3) is 0.538. The molecular formula is C13H18BrNO2. The average Bonchev–Trinajstić information content (AvgIpc) is 2.84. The van der Waals surface area contributed by atoms with Gasteiger partial charge in [-0.25, -0.2) is 0 Å². The Balaban J connectivity index is 1.92. The third-order valence-corrected chi connectivity index (χ3v) is 3.77. The van der Waals surface area contributed by atoms with Crippen molar-refractivity contribution in [3.05, 3.63) is 34.3 Å². The molecule has 0 saturated carbocycles. The molecule has 0 radical (unpaired) electrons. The lowest BCUT2D eigenvalue weighted by atomic mass is 10.0. The Kier molecular flexibility index (Phi) is 4.98. The monoisotopic (exact) mass is 299 g/mol. The highest BCUT2D eigenvalue weighted by Crippen LogP contribution is 2.20. The van der Waals surface area contributed by atoms with Crippen LogP contribution in [0.25, 0.3) is 0 Å². The predicted octanol–water partition coefficient (Wildman–Crippen LogP) is 2.34. The van der Waals surface area contributed by atoms with Gasteiger partial charge < -0.3 is 14.8 Å². The molecular weight excluding hydrogens is 282 g/mol. The van der Waals surface area contributed by atoms with Gasteiger partial charge in [-0.1, -0.05) is 34.1 Å². The Bertz CT molecular complexity index is 353. The number of hydrogen-bond donors (Lipinski definition) is 1. The summed E-state index contributed by atoms with van der Waals surface area (Å²) >= 11 is 3.58. The maximum atomic E-state index is 5.48. The minimum absolute atomic E-state index is 0.0464. The lowest BCUT2D eigenvalue weighted by Gasteiger charge is -2.20. The molecule has 1 fully saturated rings. The zero-order chi connectivity index (χ0) is 12.1. The Labute approximate surface area is 111 Å². The van der Waals surface area contributed by atoms with Gasteiger partial charge in [0.2, 0.25) is 0 Å². The first-order chi connectivity index (χ1) is 8.29. The van der Waals surface area contributed by atoms with Crippen LogP contribution in [0.15, 0.2) is 28.7 Å². The van der Waals surface area contributed by atoms with Crippen LogP contribution >= 0.6 is 15.9 Å². The third-order valence-electron chi connectivity index (χ3n) is 3.00. The van der Waals surface area contributed by atoms with Gasteiger partial charge in [-0.05, 0) is 25.1 Å². The predicted molar refractivity (Wildman–Crippen MR) is 71.0 cm³/mol. The zero-order valence-electron chi connectivity index (χ0n) is 9.99. The first kappa shape index (κ1) is 13.0. The highest BCUT2D eigenvalue weighted by Gasteiger charge is 2.21. The molecule has 0 aromatic heterocycles. The van der Waals surface area contributed by atoms with Gasteiger partial charge in [-0.3, -0.25) is 0 Å². The van der Waals surface area contributed by atoms with E-state index in [1.165, 1.54) is 5.56 Å². The van der Waals surface area contributed by atoms with Crippen LogP contribution in [-0.2, 0) is 15.9 Å². The van der Waals surface area contributed by atoms with E-state index >= 15 is 0 Å². The van der Waals surface area contributed by atoms with Gasteiger partial charge in [0.05, 0.1) is 13.2 Å². The molecule has 17 heavy (non-hydrogen) atoms. The summed E-state index contributed by atoms with van der Waals surface area (Å²) in [6, 6.07) is 8.69. The smallest absolute Gasteiger partial charge is 0.159 e. The van der Waals surface area contributed by atoms with Gasteiger partial charge in [0.25, 0.3) is 0 Å². The molecule has 94 valence electrons. The molecule has 1 heterocycles. The van der Waals surface area contributed by atoms with Crippen molar-refractivity contribution in [3.8, 4) is 0 Å². The maximum Gasteiger partial charge on any atom is 0.159 e. The summed E-state index contributed by atoms with van der Waals surface area (Å²) in [7, 11) is 1.98. The summed E-state index contributed by atoms with van der Waals surface area (Å²) < 4.78 is 12.1. The average molecular weight is 300 g/mol. The van der Waals surface area contributed by atoms with Crippen LogP contribution in [-0.4, -0.2) is 32.6 Å². The summed E-state index contributed by atoms with van der Waals surface area (Å²) in [6.07, 6.45) is 1.81. The molecule has 1 aromatic rings. The second-order valence-corrected chi connectivity index (χ2v) is 5.04. The fourth-order valence-corrected chi connectivity index (χ4v) is 2.45. The van der Waals surface area contributed by atoms with E-state index in [0.717, 1.165) is 30.5 Å². The molecule has 3 nitrogen and oxygen atoms in total. The second kappa shape index (κ2) is 6.50. The van der Waals surface area contributed by atoms with Crippen molar-refractivity contribution in [3.63, 3.8) is 0 Å². The van der Waals surface area contributed by atoms with E-state index < -0.39 is 0 Å². The summed E-state index contributed by atoms with van der Waals surface area (Å²) in [5, 5.41) is 3.32. The Morgan fingerprint density at radius 3 is 2.71 bits per heavy atom. The van der Waals surface area contributed by atoms with E-state index in [2.05, 4.69) is 39.4 Å². The Hall–Kier alpha value is -0.420. The number of rotatable bonds is 5. The van der Waals surface area contributed by atoms with Crippen molar-refractivity contribution in [2.45, 2.75) is 25.2 Å². The van der Waals surface area contributed by atoms with Gasteiger partial charge in [-0.15, -0.1) is 0 Å². The summed E-state index contributed by atoms with van der Waals surface area (Å²) in [6.45, 7) is 1.44. The minimum Gasteiger partial charge on any atom is -0.350 e. The van der Waals surface area contributed by atoms with Gasteiger partial charge in [0, 0.05) is 16.9 Å². The van der Waals surface area contributed by atoms with Gasteiger partial charge >= 0.3 is 0 Å². The van der Waals surface area contributed by atoms with Gasteiger partial charge in [0.15, 0.2) is 6.29 Å². The molecule has 1 unspecified atom stereocenters. The van der Waals surface area contributed by atoms with E-state index in [4.69, 9.17) is 9.47 Å². The Morgan fingerprint density at radius 2 is 2.06 bits per heavy atom. The van der Waals surface area contributed by atoms with E-state index in [1.54, 1.807) is 0 Å². The van der Waals surface area contributed by atoms with Crippen molar-refractivity contribution >= 4 is 15.9 Å². The maximum absolute atomic E-state index is 5.48. The van der Waals surface area contributed by atoms with Crippen molar-refractivity contribution in [1.29, 1.82) is 0 Å². The molecule has 4 heteroatoms. The first-order valence-electron chi connectivity index (χ1n) is 5.93. The zero-order valence-corrected chi connectivity index (χ0v) is 11.6. The molecule has 0 amide bonds. The van der Waals surface area contributed by atoms with Crippen LogP contribution in [0.4, 0.5) is 0 Å². The molecule has 1 aliphatic heterocycles. The molecule has 2 rings (SSSR count). The van der Waals surface area contributed by atoms with Crippen LogP contribution in [0.3, 0.4) is 0 Å². The van der Waals surface area contributed by atoms with Crippen LogP contribution in [0, 0.1) is 0 Å². The lowest BCUT2D eigenvalue weighted by molar-refractivity contribution is -0.0522. The first-order valence-corrected chi connectivity index (χ1v) is 6.73. The molecule has 0 aliphatic carbocycles. The van der Waals surface area contributed by atoms with Gasteiger partial charge in [0.1, 0.15) is 0 Å². The van der Waals surface area contributed by atoms with Crippen molar-refractivity contribution in [1.82, 2.24) is 5.32 Å². The van der Waals surface area contributed by atoms with Crippen LogP contribution in [0.2, 0.25) is 0 Å². The SMILES string of the molecule is CNC(Cc1ccccc1Br)CC1OCCO1. The third kappa shape index (κ3) is 3.78. The number of nitrogens with one attached hydrogen (secondary N) is 1. The molecule has 1 saturated heterocycles. The van der Waals surface area contributed by atoms with Crippen molar-refractivity contribution in [2.24, 2.45) is 0 Å². The van der Waals surface area contributed by atoms with Crippen molar-refractivity contribution in [2.75, 3.05) is 20.3 Å². The number of halogens is 1. The fourth-order valence-electron chi connectivity index (χ4n) is 2.01. The molecule has 0 spiro atoms. The van der Waals surface area contributed by atoms with E-state index in [9.17, 15) is 0 Å². The largest absolute Gasteiger partial charge is 0.350 e. The van der Waals surface area contributed by atoms with Gasteiger partial charge in [-0.2, -0.15) is 0 Å². The topological polar surface area (TPSA) is 30.5 Å². The summed E-state index contributed by atoms with van der Waals surface area (Å²) in [5.74, 6) is 0. The van der Waals surface area contributed by atoms with E-state index in [0.29, 0.717) is 6.04 Å². The number of hydrogen-bond acceptors (Lipinski definition) is 3. The number of likely N-dealkylation sites (N-methyl/N-ethyl adjacent to an activating group) is 1. The normalized spacial score (nSPS) is 18.5.